The molecule has 0 radical (unpaired) electrons. The lowest BCUT2D eigenvalue weighted by molar-refractivity contribution is -0.146. The van der Waals surface area contributed by atoms with E-state index >= 15 is 0 Å². The first kappa shape index (κ1) is 14.1. The Bertz CT molecular complexity index is 556. The Labute approximate surface area is 130 Å². The Morgan fingerprint density at radius 3 is 2.86 bits per heavy atom. The molecular weight excluding hydrogens is 282 g/mol. The van der Waals surface area contributed by atoms with Crippen LogP contribution in [-0.2, 0) is 16.1 Å². The second-order valence-electron chi connectivity index (χ2n) is 6.83. The van der Waals surface area contributed by atoms with Crippen molar-refractivity contribution in [2.24, 2.45) is 5.92 Å². The molecule has 0 aromatic carbocycles. The van der Waals surface area contributed by atoms with E-state index in [0.29, 0.717) is 24.5 Å². The maximum Gasteiger partial charge on any atom is 0.323 e. The highest BCUT2D eigenvalue weighted by atomic mass is 16.5. The molecule has 0 bridgehead atoms. The van der Waals surface area contributed by atoms with E-state index in [4.69, 9.17) is 4.74 Å². The van der Waals surface area contributed by atoms with E-state index < -0.39 is 0 Å². The van der Waals surface area contributed by atoms with Gasteiger partial charge < -0.3 is 4.74 Å². The molecule has 7 heteroatoms. The molecule has 1 aromatic rings. The number of hydrogen-bond acceptors (Lipinski definition) is 6. The highest BCUT2D eigenvalue weighted by Gasteiger charge is 2.46. The van der Waals surface area contributed by atoms with Crippen molar-refractivity contribution in [2.75, 3.05) is 7.11 Å². The second kappa shape index (κ2) is 5.61. The van der Waals surface area contributed by atoms with Gasteiger partial charge in [0.1, 0.15) is 6.04 Å². The van der Waals surface area contributed by atoms with E-state index in [2.05, 4.69) is 20.4 Å². The van der Waals surface area contributed by atoms with E-state index in [9.17, 15) is 4.79 Å². The Balaban J connectivity index is 1.57. The van der Waals surface area contributed by atoms with Crippen LogP contribution in [0.3, 0.4) is 0 Å². The van der Waals surface area contributed by atoms with Crippen molar-refractivity contribution in [3.63, 3.8) is 0 Å². The van der Waals surface area contributed by atoms with Gasteiger partial charge in [0, 0.05) is 6.04 Å². The summed E-state index contributed by atoms with van der Waals surface area (Å²) in [6.07, 6.45) is 8.16. The molecule has 22 heavy (non-hydrogen) atoms. The number of nitrogens with zero attached hydrogens (tertiary/aromatic N) is 5. The number of rotatable bonds is 4. The van der Waals surface area contributed by atoms with Crippen LogP contribution < -0.4 is 0 Å². The molecule has 120 valence electrons. The average Bonchev–Trinajstić information content (AvgIpc) is 3.18. The van der Waals surface area contributed by atoms with E-state index in [1.54, 1.807) is 0 Å². The highest BCUT2D eigenvalue weighted by Crippen LogP contribution is 2.41. The normalized spacial score (nSPS) is 32.0. The Hall–Kier alpha value is -1.50. The van der Waals surface area contributed by atoms with Crippen LogP contribution in [0.15, 0.2) is 0 Å². The van der Waals surface area contributed by atoms with Crippen LogP contribution in [0.25, 0.3) is 0 Å². The molecule has 2 heterocycles. The average molecular weight is 305 g/mol. The van der Waals surface area contributed by atoms with Gasteiger partial charge in [-0.3, -0.25) is 9.69 Å². The van der Waals surface area contributed by atoms with Crippen LogP contribution in [0.1, 0.15) is 56.8 Å². The summed E-state index contributed by atoms with van der Waals surface area (Å²) in [4.78, 5) is 14.5. The van der Waals surface area contributed by atoms with E-state index in [1.807, 2.05) is 4.68 Å². The second-order valence-corrected chi connectivity index (χ2v) is 6.83. The third-order valence-electron chi connectivity index (χ3n) is 5.47. The van der Waals surface area contributed by atoms with Crippen LogP contribution in [0.5, 0.6) is 0 Å². The third kappa shape index (κ3) is 2.41. The molecule has 3 atom stereocenters. The fourth-order valence-electron chi connectivity index (χ4n) is 4.23. The molecule has 0 amide bonds. The summed E-state index contributed by atoms with van der Waals surface area (Å²) >= 11 is 0. The number of hydrogen-bond donors (Lipinski definition) is 0. The molecule has 1 aliphatic heterocycles. The number of tetrazole rings is 1. The molecule has 7 nitrogen and oxygen atoms in total. The summed E-state index contributed by atoms with van der Waals surface area (Å²) in [6.45, 7) is 0.657. The molecule has 2 saturated carbocycles. The first-order valence-electron chi connectivity index (χ1n) is 8.38. The number of methoxy groups -OCH3 is 1. The lowest BCUT2D eigenvalue weighted by Gasteiger charge is -2.32. The molecule has 3 fully saturated rings. The van der Waals surface area contributed by atoms with E-state index in [0.717, 1.165) is 25.1 Å². The zero-order valence-corrected chi connectivity index (χ0v) is 13.0. The maximum absolute atomic E-state index is 12.2. The summed E-state index contributed by atoms with van der Waals surface area (Å²) in [7, 11) is 1.48. The number of aromatic nitrogens is 4. The largest absolute Gasteiger partial charge is 0.468 e. The van der Waals surface area contributed by atoms with Crippen LogP contribution in [-0.4, -0.2) is 50.3 Å². The molecule has 0 spiro atoms. The number of ether oxygens (including phenoxy) is 1. The Kier molecular flexibility index (Phi) is 3.60. The molecule has 1 saturated heterocycles. The van der Waals surface area contributed by atoms with Crippen LogP contribution in [0.2, 0.25) is 0 Å². The van der Waals surface area contributed by atoms with Gasteiger partial charge in [-0.15, -0.1) is 5.10 Å². The summed E-state index contributed by atoms with van der Waals surface area (Å²) in [5, 5.41) is 12.2. The van der Waals surface area contributed by atoms with Crippen molar-refractivity contribution in [3.8, 4) is 0 Å². The van der Waals surface area contributed by atoms with Gasteiger partial charge in [-0.25, -0.2) is 4.68 Å². The van der Waals surface area contributed by atoms with Crippen molar-refractivity contribution in [1.82, 2.24) is 25.1 Å². The smallest absolute Gasteiger partial charge is 0.323 e. The van der Waals surface area contributed by atoms with Crippen molar-refractivity contribution >= 4 is 5.97 Å². The number of esters is 1. The molecule has 3 unspecified atom stereocenters. The third-order valence-corrected chi connectivity index (χ3v) is 5.47. The predicted molar refractivity (Wildman–Crippen MR) is 77.8 cm³/mol. The van der Waals surface area contributed by atoms with Gasteiger partial charge >= 0.3 is 5.97 Å². The van der Waals surface area contributed by atoms with Gasteiger partial charge in [0.05, 0.1) is 19.7 Å². The number of carbonyl (C=O) groups is 1. The number of carbonyl (C=O) groups excluding carboxylic acids is 1. The van der Waals surface area contributed by atoms with E-state index in [1.165, 1.54) is 32.8 Å². The number of likely N-dealkylation sites (tertiary alicyclic amines) is 1. The van der Waals surface area contributed by atoms with Gasteiger partial charge in [0.25, 0.3) is 0 Å². The SMILES string of the molecule is COC(=O)C1CC2CCCCC2N1Cc1nnnn1C1CC1. The first-order valence-corrected chi connectivity index (χ1v) is 8.38. The van der Waals surface area contributed by atoms with Gasteiger partial charge in [0.2, 0.25) is 0 Å². The molecule has 1 aromatic heterocycles. The van der Waals surface area contributed by atoms with Gasteiger partial charge in [-0.05, 0) is 48.4 Å². The van der Waals surface area contributed by atoms with Gasteiger partial charge in [0.15, 0.2) is 5.82 Å². The van der Waals surface area contributed by atoms with Crippen molar-refractivity contribution in [2.45, 2.75) is 69.6 Å². The minimum atomic E-state index is -0.137. The van der Waals surface area contributed by atoms with Crippen molar-refractivity contribution in [3.05, 3.63) is 5.82 Å². The van der Waals surface area contributed by atoms with Crippen molar-refractivity contribution < 1.29 is 9.53 Å². The standard InChI is InChI=1S/C15H23N5O2/c1-22-15(21)13-8-10-4-2-3-5-12(10)19(13)9-14-16-17-18-20(14)11-6-7-11/h10-13H,2-9H2,1H3. The maximum atomic E-state index is 12.2. The molecular formula is C15H23N5O2. The monoisotopic (exact) mass is 305 g/mol. The van der Waals surface area contributed by atoms with Gasteiger partial charge in [-0.1, -0.05) is 12.8 Å². The molecule has 0 N–H and O–H groups in total. The fourth-order valence-corrected chi connectivity index (χ4v) is 4.23. The summed E-state index contributed by atoms with van der Waals surface area (Å²) in [5.74, 6) is 1.39. The molecule has 2 aliphatic carbocycles. The zero-order valence-electron chi connectivity index (χ0n) is 13.0. The lowest BCUT2D eigenvalue weighted by Crippen LogP contribution is -2.42. The quantitative estimate of drug-likeness (QED) is 0.781. The number of fused-ring (bicyclic) bond motifs is 1. The predicted octanol–water partition coefficient (Wildman–Crippen LogP) is 1.31. The fraction of sp³-hybridized carbons (Fsp3) is 0.867. The molecule has 4 rings (SSSR count). The zero-order chi connectivity index (χ0) is 15.1. The van der Waals surface area contributed by atoms with Crippen LogP contribution in [0, 0.1) is 5.92 Å². The van der Waals surface area contributed by atoms with E-state index in [-0.39, 0.29) is 12.0 Å². The minimum absolute atomic E-state index is 0.111. The van der Waals surface area contributed by atoms with Crippen molar-refractivity contribution in [1.29, 1.82) is 0 Å². The molecule has 3 aliphatic rings. The lowest BCUT2D eigenvalue weighted by atomic mass is 9.85. The topological polar surface area (TPSA) is 73.1 Å². The first-order chi connectivity index (χ1) is 10.8. The van der Waals surface area contributed by atoms with Gasteiger partial charge in [-0.2, -0.15) is 0 Å². The summed E-state index contributed by atoms with van der Waals surface area (Å²) in [5.41, 5.74) is 0. The summed E-state index contributed by atoms with van der Waals surface area (Å²) < 4.78 is 6.99. The van der Waals surface area contributed by atoms with Crippen LogP contribution >= 0.6 is 0 Å². The highest BCUT2D eigenvalue weighted by molar-refractivity contribution is 5.76. The Morgan fingerprint density at radius 1 is 1.27 bits per heavy atom. The minimum Gasteiger partial charge on any atom is -0.468 e. The summed E-state index contributed by atoms with van der Waals surface area (Å²) in [6, 6.07) is 0.802. The Morgan fingerprint density at radius 2 is 2.09 bits per heavy atom. The van der Waals surface area contributed by atoms with Crippen LogP contribution in [0.4, 0.5) is 0 Å².